The van der Waals surface area contributed by atoms with Crippen molar-refractivity contribution in [2.75, 3.05) is 0 Å². The number of nitrogens with one attached hydrogen (secondary N) is 1. The molecule has 0 aliphatic carbocycles. The van der Waals surface area contributed by atoms with Gasteiger partial charge < -0.3 is 4.42 Å². The number of halogens is 1. The molecule has 3 N–H and O–H groups in total. The molecule has 5 heteroatoms. The first-order valence-corrected chi connectivity index (χ1v) is 4.40. The third kappa shape index (κ3) is 1.88. The van der Waals surface area contributed by atoms with Gasteiger partial charge in [-0.25, -0.2) is 9.82 Å². The smallest absolute Gasteiger partial charge is 0.146 e. The number of aromatic nitrogens is 1. The molecule has 1 atom stereocenters. The van der Waals surface area contributed by atoms with Crippen LogP contribution >= 0.6 is 0 Å². The normalized spacial score (nSPS) is 12.7. The number of rotatable bonds is 3. The summed E-state index contributed by atoms with van der Waals surface area (Å²) in [6, 6.07) is 2.88. The number of pyridine rings is 1. The number of nitrogens with zero attached hydrogens (tertiary/aromatic N) is 1. The van der Waals surface area contributed by atoms with Crippen molar-refractivity contribution in [1.82, 2.24) is 10.4 Å². The van der Waals surface area contributed by atoms with Crippen LogP contribution in [0.4, 0.5) is 4.39 Å². The van der Waals surface area contributed by atoms with Gasteiger partial charge in [-0.2, -0.15) is 0 Å². The maximum absolute atomic E-state index is 13.4. The van der Waals surface area contributed by atoms with Crippen LogP contribution in [0.25, 0.3) is 0 Å². The zero-order valence-corrected chi connectivity index (χ0v) is 7.85. The lowest BCUT2D eigenvalue weighted by Gasteiger charge is -2.14. The maximum Gasteiger partial charge on any atom is 0.146 e. The summed E-state index contributed by atoms with van der Waals surface area (Å²) in [5.41, 5.74) is 3.74. The van der Waals surface area contributed by atoms with Crippen molar-refractivity contribution >= 4 is 0 Å². The Balaban J connectivity index is 2.40. The van der Waals surface area contributed by atoms with Crippen LogP contribution < -0.4 is 11.3 Å². The maximum atomic E-state index is 13.4. The molecule has 2 aromatic heterocycles. The molecule has 0 saturated heterocycles. The van der Waals surface area contributed by atoms with Crippen LogP contribution in [0.1, 0.15) is 17.2 Å². The van der Waals surface area contributed by atoms with Gasteiger partial charge in [-0.3, -0.25) is 10.8 Å². The highest BCUT2D eigenvalue weighted by Gasteiger charge is 2.17. The van der Waals surface area contributed by atoms with Gasteiger partial charge in [0.15, 0.2) is 0 Å². The molecule has 0 radical (unpaired) electrons. The van der Waals surface area contributed by atoms with Crippen LogP contribution in [0.15, 0.2) is 41.5 Å². The van der Waals surface area contributed by atoms with E-state index in [0.717, 1.165) is 11.8 Å². The monoisotopic (exact) mass is 207 g/mol. The summed E-state index contributed by atoms with van der Waals surface area (Å²) in [7, 11) is 0. The molecule has 0 bridgehead atoms. The standard InChI is InChI=1S/C10H10FN3O/c11-9-5-13-3-1-8(9)10(14-12)7-2-4-15-6-7/h1-6,10,14H,12H2. The first-order chi connectivity index (χ1) is 7.33. The number of hydrazine groups is 1. The van der Waals surface area contributed by atoms with Crippen molar-refractivity contribution in [3.8, 4) is 0 Å². The van der Waals surface area contributed by atoms with Crippen LogP contribution in [-0.2, 0) is 0 Å². The largest absolute Gasteiger partial charge is 0.472 e. The van der Waals surface area contributed by atoms with Gasteiger partial charge in [0.1, 0.15) is 5.82 Å². The molecule has 78 valence electrons. The van der Waals surface area contributed by atoms with Gasteiger partial charge in [0.2, 0.25) is 0 Å². The molecule has 4 nitrogen and oxygen atoms in total. The Morgan fingerprint density at radius 3 is 2.93 bits per heavy atom. The van der Waals surface area contributed by atoms with Crippen LogP contribution in [0.5, 0.6) is 0 Å². The average Bonchev–Trinajstić information content (AvgIpc) is 2.75. The zero-order valence-electron chi connectivity index (χ0n) is 7.85. The number of hydrogen-bond donors (Lipinski definition) is 2. The molecule has 0 aliphatic heterocycles. The summed E-state index contributed by atoms with van der Waals surface area (Å²) in [6.07, 6.45) is 5.70. The summed E-state index contributed by atoms with van der Waals surface area (Å²) < 4.78 is 18.4. The highest BCUT2D eigenvalue weighted by molar-refractivity contribution is 5.28. The van der Waals surface area contributed by atoms with E-state index in [1.807, 2.05) is 0 Å². The molecular formula is C10H10FN3O. The van der Waals surface area contributed by atoms with Crippen molar-refractivity contribution in [3.63, 3.8) is 0 Å². The number of nitrogens with two attached hydrogens (primary N) is 1. The van der Waals surface area contributed by atoms with E-state index >= 15 is 0 Å². The Morgan fingerprint density at radius 2 is 2.33 bits per heavy atom. The molecule has 2 rings (SSSR count). The second-order valence-electron chi connectivity index (χ2n) is 3.05. The third-order valence-electron chi connectivity index (χ3n) is 2.16. The lowest BCUT2D eigenvalue weighted by atomic mass is 10.0. The molecular weight excluding hydrogens is 197 g/mol. The summed E-state index contributed by atoms with van der Waals surface area (Å²) in [6.45, 7) is 0. The number of hydrogen-bond acceptors (Lipinski definition) is 4. The van der Waals surface area contributed by atoms with Gasteiger partial charge in [-0.05, 0) is 12.1 Å². The summed E-state index contributed by atoms with van der Waals surface area (Å²) >= 11 is 0. The molecule has 2 aromatic rings. The van der Waals surface area contributed by atoms with Gasteiger partial charge >= 0.3 is 0 Å². The van der Waals surface area contributed by atoms with Crippen molar-refractivity contribution in [1.29, 1.82) is 0 Å². The SMILES string of the molecule is NNC(c1ccoc1)c1ccncc1F. The Hall–Kier alpha value is -1.72. The first kappa shape index (κ1) is 9.82. The van der Waals surface area contributed by atoms with Gasteiger partial charge in [0.05, 0.1) is 24.8 Å². The van der Waals surface area contributed by atoms with E-state index in [-0.39, 0.29) is 0 Å². The summed E-state index contributed by atoms with van der Waals surface area (Å²) in [5, 5.41) is 0. The fraction of sp³-hybridized carbons (Fsp3) is 0.100. The Morgan fingerprint density at radius 1 is 1.47 bits per heavy atom. The Labute approximate surface area is 85.9 Å². The van der Waals surface area contributed by atoms with E-state index < -0.39 is 11.9 Å². The van der Waals surface area contributed by atoms with Gasteiger partial charge in [0.25, 0.3) is 0 Å². The van der Waals surface area contributed by atoms with Crippen molar-refractivity contribution in [3.05, 3.63) is 54.0 Å². The molecule has 2 heterocycles. The molecule has 0 aliphatic rings. The van der Waals surface area contributed by atoms with E-state index in [1.54, 1.807) is 12.1 Å². The molecule has 1 unspecified atom stereocenters. The topological polar surface area (TPSA) is 64.1 Å². The Bertz CT molecular complexity index is 430. The molecule has 0 fully saturated rings. The fourth-order valence-corrected chi connectivity index (χ4v) is 1.42. The van der Waals surface area contributed by atoms with Gasteiger partial charge in [0, 0.05) is 17.3 Å². The van der Waals surface area contributed by atoms with Crippen molar-refractivity contribution < 1.29 is 8.81 Å². The zero-order chi connectivity index (χ0) is 10.7. The van der Waals surface area contributed by atoms with Crippen molar-refractivity contribution in [2.24, 2.45) is 5.84 Å². The lowest BCUT2D eigenvalue weighted by Crippen LogP contribution is -2.29. The van der Waals surface area contributed by atoms with Gasteiger partial charge in [-0.1, -0.05) is 0 Å². The van der Waals surface area contributed by atoms with Crippen LogP contribution in [0, 0.1) is 5.82 Å². The molecule has 0 aromatic carbocycles. The second kappa shape index (κ2) is 4.20. The second-order valence-corrected chi connectivity index (χ2v) is 3.05. The average molecular weight is 207 g/mol. The van der Waals surface area contributed by atoms with E-state index in [2.05, 4.69) is 10.4 Å². The lowest BCUT2D eigenvalue weighted by molar-refractivity contribution is 0.536. The minimum Gasteiger partial charge on any atom is -0.472 e. The third-order valence-corrected chi connectivity index (χ3v) is 2.16. The molecule has 0 saturated carbocycles. The quantitative estimate of drug-likeness (QED) is 0.589. The number of furan rings is 1. The fourth-order valence-electron chi connectivity index (χ4n) is 1.42. The molecule has 15 heavy (non-hydrogen) atoms. The molecule has 0 spiro atoms. The van der Waals surface area contributed by atoms with E-state index in [1.165, 1.54) is 18.7 Å². The van der Waals surface area contributed by atoms with E-state index in [4.69, 9.17) is 10.3 Å². The molecule has 0 amide bonds. The summed E-state index contributed by atoms with van der Waals surface area (Å²) in [5.74, 6) is 4.98. The minimum atomic E-state index is -0.424. The van der Waals surface area contributed by atoms with Crippen LogP contribution in [-0.4, -0.2) is 4.98 Å². The Kier molecular flexibility index (Phi) is 2.75. The first-order valence-electron chi connectivity index (χ1n) is 4.40. The summed E-state index contributed by atoms with van der Waals surface area (Å²) in [4.78, 5) is 3.68. The van der Waals surface area contributed by atoms with E-state index in [9.17, 15) is 4.39 Å². The predicted octanol–water partition coefficient (Wildman–Crippen LogP) is 1.37. The highest BCUT2D eigenvalue weighted by Crippen LogP contribution is 2.23. The van der Waals surface area contributed by atoms with Gasteiger partial charge in [-0.15, -0.1) is 0 Å². The van der Waals surface area contributed by atoms with Crippen LogP contribution in [0.3, 0.4) is 0 Å². The minimum absolute atomic E-state index is 0.401. The predicted molar refractivity (Wildman–Crippen MR) is 52.1 cm³/mol. The van der Waals surface area contributed by atoms with Crippen molar-refractivity contribution in [2.45, 2.75) is 6.04 Å². The van der Waals surface area contributed by atoms with E-state index in [0.29, 0.717) is 5.56 Å². The highest BCUT2D eigenvalue weighted by atomic mass is 19.1. The van der Waals surface area contributed by atoms with Crippen LogP contribution in [0.2, 0.25) is 0 Å².